The molecule has 1 atom stereocenters. The Morgan fingerprint density at radius 3 is 2.73 bits per heavy atom. The van der Waals surface area contributed by atoms with E-state index in [1.54, 1.807) is 0 Å². The van der Waals surface area contributed by atoms with Crippen LogP contribution in [0.25, 0.3) is 0 Å². The van der Waals surface area contributed by atoms with Crippen molar-refractivity contribution in [2.75, 3.05) is 11.9 Å². The Labute approximate surface area is 89.0 Å². The van der Waals surface area contributed by atoms with Gasteiger partial charge in [0, 0.05) is 12.0 Å². The van der Waals surface area contributed by atoms with Gasteiger partial charge in [-0.05, 0) is 26.3 Å². The molecule has 1 amide bonds. The maximum atomic E-state index is 11.5. The normalized spacial score (nSPS) is 12.5. The highest BCUT2D eigenvalue weighted by atomic mass is 16.5. The number of nitrogens with two attached hydrogens (primary N) is 1. The third-order valence-corrected chi connectivity index (χ3v) is 2.35. The second-order valence-corrected chi connectivity index (χ2v) is 3.82. The highest BCUT2D eigenvalue weighted by Crippen LogP contribution is 2.17. The van der Waals surface area contributed by atoms with Crippen molar-refractivity contribution >= 4 is 11.8 Å². The zero-order chi connectivity index (χ0) is 11.4. The van der Waals surface area contributed by atoms with E-state index in [1.807, 2.05) is 20.8 Å². The molecule has 1 heterocycles. The summed E-state index contributed by atoms with van der Waals surface area (Å²) < 4.78 is 4.97. The first kappa shape index (κ1) is 11.7. The molecule has 0 fully saturated rings. The van der Waals surface area contributed by atoms with Gasteiger partial charge in [0.05, 0.1) is 5.69 Å². The van der Waals surface area contributed by atoms with E-state index in [0.717, 1.165) is 11.3 Å². The molecule has 0 aliphatic carbocycles. The molecule has 5 heteroatoms. The number of aryl methyl sites for hydroxylation is 1. The maximum absolute atomic E-state index is 11.5. The highest BCUT2D eigenvalue weighted by Gasteiger charge is 2.13. The lowest BCUT2D eigenvalue weighted by Crippen LogP contribution is -2.20. The first-order valence-corrected chi connectivity index (χ1v) is 4.97. The van der Waals surface area contributed by atoms with Crippen LogP contribution in [0, 0.1) is 19.8 Å². The van der Waals surface area contributed by atoms with Gasteiger partial charge in [0.15, 0.2) is 0 Å². The summed E-state index contributed by atoms with van der Waals surface area (Å²) in [6.45, 7) is 6.12. The fraction of sp³-hybridized carbons (Fsp3) is 0.600. The van der Waals surface area contributed by atoms with Crippen LogP contribution < -0.4 is 11.1 Å². The number of rotatable bonds is 4. The van der Waals surface area contributed by atoms with Gasteiger partial charge in [0.25, 0.3) is 0 Å². The van der Waals surface area contributed by atoms with E-state index in [0.29, 0.717) is 18.8 Å². The lowest BCUT2D eigenvalue weighted by molar-refractivity contribution is -0.117. The predicted octanol–water partition coefficient (Wildman–Crippen LogP) is 1.21. The minimum Gasteiger partial charge on any atom is -0.338 e. The van der Waals surface area contributed by atoms with Crippen molar-refractivity contribution in [3.8, 4) is 0 Å². The minimum atomic E-state index is -0.0906. The molecule has 1 rings (SSSR count). The smallest absolute Gasteiger partial charge is 0.234 e. The zero-order valence-electron chi connectivity index (χ0n) is 9.33. The molecule has 5 nitrogen and oxygen atoms in total. The molecule has 1 aromatic heterocycles. The first-order valence-electron chi connectivity index (χ1n) is 4.97. The SMILES string of the molecule is Cc1noc(NC(=O)CC(C)CN)c1C. The topological polar surface area (TPSA) is 81.2 Å². The van der Waals surface area contributed by atoms with E-state index in [2.05, 4.69) is 10.5 Å². The Bertz CT molecular complexity index is 346. The van der Waals surface area contributed by atoms with Crippen molar-refractivity contribution in [1.29, 1.82) is 0 Å². The summed E-state index contributed by atoms with van der Waals surface area (Å²) in [6, 6.07) is 0. The summed E-state index contributed by atoms with van der Waals surface area (Å²) in [5, 5.41) is 6.43. The lowest BCUT2D eigenvalue weighted by atomic mass is 10.1. The van der Waals surface area contributed by atoms with Crippen molar-refractivity contribution < 1.29 is 9.32 Å². The second-order valence-electron chi connectivity index (χ2n) is 3.82. The first-order chi connectivity index (χ1) is 7.04. The Hall–Kier alpha value is -1.36. The molecule has 0 radical (unpaired) electrons. The van der Waals surface area contributed by atoms with Gasteiger partial charge >= 0.3 is 0 Å². The Morgan fingerprint density at radius 2 is 2.27 bits per heavy atom. The van der Waals surface area contributed by atoms with Crippen LogP contribution in [0.15, 0.2) is 4.52 Å². The van der Waals surface area contributed by atoms with Crippen LogP contribution in [0.4, 0.5) is 5.88 Å². The van der Waals surface area contributed by atoms with Crippen LogP contribution in [0.3, 0.4) is 0 Å². The number of aromatic nitrogens is 1. The molecule has 15 heavy (non-hydrogen) atoms. The molecule has 3 N–H and O–H groups in total. The van der Waals surface area contributed by atoms with Gasteiger partial charge in [-0.25, -0.2) is 0 Å². The molecule has 1 unspecified atom stereocenters. The molecule has 1 aromatic rings. The average Bonchev–Trinajstić information content (AvgIpc) is 2.49. The standard InChI is InChI=1S/C10H17N3O2/c1-6(5-11)4-9(14)12-10-7(2)8(3)13-15-10/h6H,4-5,11H2,1-3H3,(H,12,14). The summed E-state index contributed by atoms with van der Waals surface area (Å²) in [7, 11) is 0. The molecular formula is C10H17N3O2. The minimum absolute atomic E-state index is 0.0906. The van der Waals surface area contributed by atoms with Crippen molar-refractivity contribution in [3.05, 3.63) is 11.3 Å². The quantitative estimate of drug-likeness (QED) is 0.784. The number of hydrogen-bond donors (Lipinski definition) is 2. The van der Waals surface area contributed by atoms with E-state index in [9.17, 15) is 4.79 Å². The van der Waals surface area contributed by atoms with Crippen LogP contribution >= 0.6 is 0 Å². The third kappa shape index (κ3) is 3.06. The molecule has 0 bridgehead atoms. The van der Waals surface area contributed by atoms with Gasteiger partial charge in [0.1, 0.15) is 0 Å². The fourth-order valence-electron chi connectivity index (χ4n) is 1.11. The summed E-state index contributed by atoms with van der Waals surface area (Å²) in [5.41, 5.74) is 7.09. The predicted molar refractivity (Wildman–Crippen MR) is 57.4 cm³/mol. The van der Waals surface area contributed by atoms with E-state index >= 15 is 0 Å². The van der Waals surface area contributed by atoms with E-state index < -0.39 is 0 Å². The van der Waals surface area contributed by atoms with Crippen molar-refractivity contribution in [1.82, 2.24) is 5.16 Å². The molecule has 0 saturated heterocycles. The lowest BCUT2D eigenvalue weighted by Gasteiger charge is -2.07. The maximum Gasteiger partial charge on any atom is 0.234 e. The van der Waals surface area contributed by atoms with Crippen LogP contribution in [0.1, 0.15) is 24.6 Å². The van der Waals surface area contributed by atoms with Crippen LogP contribution in [0.5, 0.6) is 0 Å². The summed E-state index contributed by atoms with van der Waals surface area (Å²) >= 11 is 0. The van der Waals surface area contributed by atoms with Gasteiger partial charge in [-0.3, -0.25) is 10.1 Å². The summed E-state index contributed by atoms with van der Waals surface area (Å²) in [4.78, 5) is 11.5. The number of carbonyl (C=O) groups excluding carboxylic acids is 1. The summed E-state index contributed by atoms with van der Waals surface area (Å²) in [5.74, 6) is 0.517. The number of hydrogen-bond acceptors (Lipinski definition) is 4. The van der Waals surface area contributed by atoms with Gasteiger partial charge in [0.2, 0.25) is 11.8 Å². The molecule has 0 aliphatic rings. The van der Waals surface area contributed by atoms with Crippen LogP contribution in [-0.2, 0) is 4.79 Å². The molecule has 0 saturated carbocycles. The molecular weight excluding hydrogens is 194 g/mol. The Kier molecular flexibility index (Phi) is 3.85. The van der Waals surface area contributed by atoms with Gasteiger partial charge in [-0.2, -0.15) is 0 Å². The number of nitrogens with one attached hydrogen (secondary N) is 1. The number of carbonyl (C=O) groups is 1. The van der Waals surface area contributed by atoms with Crippen molar-refractivity contribution in [2.45, 2.75) is 27.2 Å². The van der Waals surface area contributed by atoms with E-state index in [1.165, 1.54) is 0 Å². The number of amides is 1. The summed E-state index contributed by atoms with van der Waals surface area (Å²) in [6.07, 6.45) is 0.398. The van der Waals surface area contributed by atoms with Crippen molar-refractivity contribution in [3.63, 3.8) is 0 Å². The van der Waals surface area contributed by atoms with Crippen molar-refractivity contribution in [2.24, 2.45) is 11.7 Å². The molecule has 0 aromatic carbocycles. The largest absolute Gasteiger partial charge is 0.338 e. The van der Waals surface area contributed by atoms with Crippen LogP contribution in [0.2, 0.25) is 0 Å². The van der Waals surface area contributed by atoms with E-state index in [-0.39, 0.29) is 11.8 Å². The monoisotopic (exact) mass is 211 g/mol. The number of nitrogens with zero attached hydrogens (tertiary/aromatic N) is 1. The van der Waals surface area contributed by atoms with Gasteiger partial charge in [-0.1, -0.05) is 12.1 Å². The van der Waals surface area contributed by atoms with E-state index in [4.69, 9.17) is 10.3 Å². The van der Waals surface area contributed by atoms with Crippen LogP contribution in [-0.4, -0.2) is 17.6 Å². The molecule has 84 valence electrons. The van der Waals surface area contributed by atoms with Gasteiger partial charge < -0.3 is 10.3 Å². The third-order valence-electron chi connectivity index (χ3n) is 2.35. The second kappa shape index (κ2) is 4.93. The number of anilines is 1. The Morgan fingerprint density at radius 1 is 1.60 bits per heavy atom. The zero-order valence-corrected chi connectivity index (χ0v) is 9.33. The highest BCUT2D eigenvalue weighted by molar-refractivity contribution is 5.90. The Balaban J connectivity index is 2.55. The molecule has 0 spiro atoms. The fourth-order valence-corrected chi connectivity index (χ4v) is 1.11. The average molecular weight is 211 g/mol. The molecule has 0 aliphatic heterocycles. The van der Waals surface area contributed by atoms with Gasteiger partial charge in [-0.15, -0.1) is 0 Å².